The molecule has 0 bridgehead atoms. The lowest BCUT2D eigenvalue weighted by Gasteiger charge is -2.25. The molecular formula is C20H18FN3O. The van der Waals surface area contributed by atoms with Crippen molar-refractivity contribution in [3.05, 3.63) is 59.7 Å². The molecule has 1 aromatic heterocycles. The van der Waals surface area contributed by atoms with Crippen LogP contribution in [0.1, 0.15) is 41.6 Å². The number of imidazole rings is 1. The minimum atomic E-state index is -0.214. The summed E-state index contributed by atoms with van der Waals surface area (Å²) in [5.41, 5.74) is 3.52. The Morgan fingerprint density at radius 2 is 2.04 bits per heavy atom. The van der Waals surface area contributed by atoms with Crippen LogP contribution in [0.5, 0.6) is 0 Å². The molecule has 0 saturated heterocycles. The molecule has 5 heteroatoms. The van der Waals surface area contributed by atoms with Gasteiger partial charge in [-0.2, -0.15) is 0 Å². The van der Waals surface area contributed by atoms with Gasteiger partial charge >= 0.3 is 0 Å². The van der Waals surface area contributed by atoms with Gasteiger partial charge in [-0.3, -0.25) is 4.79 Å². The zero-order chi connectivity index (χ0) is 17.0. The van der Waals surface area contributed by atoms with Gasteiger partial charge in [0.2, 0.25) is 0 Å². The van der Waals surface area contributed by atoms with Gasteiger partial charge in [0.1, 0.15) is 5.82 Å². The molecule has 0 unspecified atom stereocenters. The van der Waals surface area contributed by atoms with E-state index in [0.29, 0.717) is 12.1 Å². The molecule has 5 rings (SSSR count). The zero-order valence-corrected chi connectivity index (χ0v) is 13.8. The number of aromatic nitrogens is 2. The molecule has 0 atom stereocenters. The molecule has 1 spiro atoms. The van der Waals surface area contributed by atoms with E-state index >= 15 is 0 Å². The summed E-state index contributed by atoms with van der Waals surface area (Å²) in [5.74, 6) is -0.258. The highest BCUT2D eigenvalue weighted by atomic mass is 19.1. The quantitative estimate of drug-likeness (QED) is 0.725. The molecule has 25 heavy (non-hydrogen) atoms. The van der Waals surface area contributed by atoms with Crippen molar-refractivity contribution in [2.45, 2.75) is 31.1 Å². The fourth-order valence-electron chi connectivity index (χ4n) is 4.60. The predicted octanol–water partition coefficient (Wildman–Crippen LogP) is 4.17. The first-order valence-corrected chi connectivity index (χ1v) is 8.72. The van der Waals surface area contributed by atoms with E-state index in [2.05, 4.69) is 9.97 Å². The first-order chi connectivity index (χ1) is 12.2. The smallest absolute Gasteiger partial charge is 0.258 e. The number of carbonyl (C=O) groups is 1. The monoisotopic (exact) mass is 335 g/mol. The molecule has 2 heterocycles. The lowest BCUT2D eigenvalue weighted by molar-refractivity contribution is 0.0985. The van der Waals surface area contributed by atoms with Crippen molar-refractivity contribution in [1.82, 2.24) is 9.97 Å². The molecule has 3 aromatic rings. The van der Waals surface area contributed by atoms with Crippen LogP contribution in [0.2, 0.25) is 0 Å². The van der Waals surface area contributed by atoms with E-state index in [4.69, 9.17) is 0 Å². The third-order valence-electron chi connectivity index (χ3n) is 5.75. The highest BCUT2D eigenvalue weighted by molar-refractivity contribution is 6.09. The van der Waals surface area contributed by atoms with Crippen molar-refractivity contribution >= 4 is 22.6 Å². The van der Waals surface area contributed by atoms with Gasteiger partial charge in [0, 0.05) is 23.1 Å². The van der Waals surface area contributed by atoms with Gasteiger partial charge in [-0.1, -0.05) is 18.9 Å². The second-order valence-electron chi connectivity index (χ2n) is 7.15. The molecule has 2 aliphatic rings. The van der Waals surface area contributed by atoms with Gasteiger partial charge < -0.3 is 9.88 Å². The third-order valence-corrected chi connectivity index (χ3v) is 5.75. The van der Waals surface area contributed by atoms with E-state index in [9.17, 15) is 9.18 Å². The van der Waals surface area contributed by atoms with Crippen molar-refractivity contribution in [3.8, 4) is 0 Å². The Labute approximate surface area is 144 Å². The fraction of sp³-hybridized carbons (Fsp3) is 0.300. The number of rotatable bonds is 1. The number of benzene rings is 2. The predicted molar refractivity (Wildman–Crippen MR) is 94.3 cm³/mol. The summed E-state index contributed by atoms with van der Waals surface area (Å²) < 4.78 is 14.6. The summed E-state index contributed by atoms with van der Waals surface area (Å²) in [6, 6.07) is 10.5. The van der Waals surface area contributed by atoms with Crippen LogP contribution in [0.15, 0.2) is 42.7 Å². The second kappa shape index (κ2) is 5.15. The molecular weight excluding hydrogens is 317 g/mol. The number of anilines is 1. The van der Waals surface area contributed by atoms with Crippen LogP contribution in [0.3, 0.4) is 0 Å². The van der Waals surface area contributed by atoms with Gasteiger partial charge in [0.25, 0.3) is 5.91 Å². The maximum atomic E-state index is 14.6. The Morgan fingerprint density at radius 1 is 1.20 bits per heavy atom. The van der Waals surface area contributed by atoms with Crippen molar-refractivity contribution < 1.29 is 9.18 Å². The number of carbonyl (C=O) groups excluding carboxylic acids is 1. The summed E-state index contributed by atoms with van der Waals surface area (Å²) in [6.07, 6.45) is 5.70. The summed E-state index contributed by atoms with van der Waals surface area (Å²) >= 11 is 0. The number of H-pyrrole nitrogens is 1. The van der Waals surface area contributed by atoms with Crippen LogP contribution in [0, 0.1) is 5.82 Å². The first-order valence-electron chi connectivity index (χ1n) is 8.72. The van der Waals surface area contributed by atoms with Gasteiger partial charge in [-0.15, -0.1) is 0 Å². The Kier molecular flexibility index (Phi) is 3.02. The van der Waals surface area contributed by atoms with Crippen molar-refractivity contribution in [2.75, 3.05) is 11.4 Å². The van der Waals surface area contributed by atoms with Crippen LogP contribution in [0.4, 0.5) is 10.1 Å². The molecule has 1 amide bonds. The van der Waals surface area contributed by atoms with Crippen LogP contribution in [-0.2, 0) is 5.41 Å². The fourth-order valence-corrected chi connectivity index (χ4v) is 4.60. The Hall–Kier alpha value is -2.69. The molecule has 0 radical (unpaired) electrons. The van der Waals surface area contributed by atoms with Crippen LogP contribution in [0.25, 0.3) is 11.0 Å². The minimum Gasteiger partial charge on any atom is -0.345 e. The first kappa shape index (κ1) is 14.6. The molecule has 1 aliphatic carbocycles. The van der Waals surface area contributed by atoms with E-state index in [0.717, 1.165) is 48.0 Å². The number of nitrogens with one attached hydrogen (secondary N) is 1. The highest BCUT2D eigenvalue weighted by Crippen LogP contribution is 2.51. The molecule has 1 aliphatic heterocycles. The topological polar surface area (TPSA) is 49.0 Å². The SMILES string of the molecule is O=C(c1ccc2nc[nH]c2c1)N1CC2(CCCC2)c2c(F)cccc21. The average molecular weight is 335 g/mol. The summed E-state index contributed by atoms with van der Waals surface area (Å²) in [4.78, 5) is 22.2. The lowest BCUT2D eigenvalue weighted by Crippen LogP contribution is -2.35. The largest absolute Gasteiger partial charge is 0.345 e. The number of fused-ring (bicyclic) bond motifs is 3. The molecule has 1 saturated carbocycles. The number of halogens is 1. The number of aromatic amines is 1. The molecule has 1 N–H and O–H groups in total. The maximum Gasteiger partial charge on any atom is 0.258 e. The van der Waals surface area contributed by atoms with Crippen LogP contribution in [-0.4, -0.2) is 22.4 Å². The molecule has 2 aromatic carbocycles. The second-order valence-corrected chi connectivity index (χ2v) is 7.15. The van der Waals surface area contributed by atoms with E-state index < -0.39 is 0 Å². The lowest BCUT2D eigenvalue weighted by atomic mass is 9.80. The van der Waals surface area contributed by atoms with Crippen molar-refractivity contribution in [2.24, 2.45) is 0 Å². The number of hydrogen-bond donors (Lipinski definition) is 1. The van der Waals surface area contributed by atoms with E-state index in [1.54, 1.807) is 23.4 Å². The van der Waals surface area contributed by atoms with Crippen molar-refractivity contribution in [1.29, 1.82) is 0 Å². The normalized spacial score (nSPS) is 18.2. The van der Waals surface area contributed by atoms with Gasteiger partial charge in [0.15, 0.2) is 0 Å². The zero-order valence-electron chi connectivity index (χ0n) is 13.8. The summed E-state index contributed by atoms with van der Waals surface area (Å²) in [5, 5.41) is 0. The molecule has 126 valence electrons. The van der Waals surface area contributed by atoms with E-state index in [1.807, 2.05) is 18.2 Å². The molecule has 4 nitrogen and oxygen atoms in total. The van der Waals surface area contributed by atoms with Crippen LogP contribution < -0.4 is 4.90 Å². The number of nitrogens with zero attached hydrogens (tertiary/aromatic N) is 2. The standard InChI is InChI=1S/C20H18FN3O/c21-14-4-3-5-17-18(14)20(8-1-2-9-20)11-24(17)19(25)13-6-7-15-16(10-13)23-12-22-15/h3-7,10,12H,1-2,8-9,11H2,(H,22,23). The van der Waals surface area contributed by atoms with Crippen molar-refractivity contribution in [3.63, 3.8) is 0 Å². The average Bonchev–Trinajstić information content (AvgIpc) is 3.34. The summed E-state index contributed by atoms with van der Waals surface area (Å²) in [7, 11) is 0. The molecule has 1 fully saturated rings. The highest BCUT2D eigenvalue weighted by Gasteiger charge is 2.48. The third kappa shape index (κ3) is 2.05. The van der Waals surface area contributed by atoms with E-state index in [-0.39, 0.29) is 17.1 Å². The van der Waals surface area contributed by atoms with Gasteiger partial charge in [-0.25, -0.2) is 9.37 Å². The Bertz CT molecular complexity index is 988. The van der Waals surface area contributed by atoms with Crippen LogP contribution >= 0.6 is 0 Å². The van der Waals surface area contributed by atoms with E-state index in [1.165, 1.54) is 6.07 Å². The van der Waals surface area contributed by atoms with Gasteiger partial charge in [0.05, 0.1) is 23.0 Å². The maximum absolute atomic E-state index is 14.6. The Balaban J connectivity index is 1.60. The number of hydrogen-bond acceptors (Lipinski definition) is 2. The van der Waals surface area contributed by atoms with Gasteiger partial charge in [-0.05, 0) is 43.2 Å². The Morgan fingerprint density at radius 3 is 2.88 bits per heavy atom. The summed E-state index contributed by atoms with van der Waals surface area (Å²) in [6.45, 7) is 0.573. The minimum absolute atomic E-state index is 0.0767. The number of amides is 1.